The van der Waals surface area contributed by atoms with Crippen molar-refractivity contribution >= 4 is 35.2 Å². The van der Waals surface area contributed by atoms with Crippen molar-refractivity contribution in [2.45, 2.75) is 6.92 Å². The third kappa shape index (κ3) is 6.36. The molecule has 0 amide bonds. The molecule has 2 aromatic carbocycles. The smallest absolute Gasteiger partial charge is 0.488 e. The molecule has 20 heavy (non-hydrogen) atoms. The summed E-state index contributed by atoms with van der Waals surface area (Å²) < 4.78 is 19.1. The summed E-state index contributed by atoms with van der Waals surface area (Å²) in [5.41, 5.74) is 0.0865. The van der Waals surface area contributed by atoms with Gasteiger partial charge < -0.3 is 14.8 Å². The van der Waals surface area contributed by atoms with Crippen LogP contribution in [0.15, 0.2) is 48.5 Å². The van der Waals surface area contributed by atoms with Crippen molar-refractivity contribution in [3.8, 4) is 5.75 Å². The molecule has 2 aromatic rings. The standard InChI is InChI=1S/C8H10BFO3.C6H5I/c1-2-13-8-4-6(9(11)12)3-7(10)5-8;7-6-4-2-1-3-5-6/h3-5,11-12H,2H2,1H3;1-5H. The predicted molar refractivity (Wildman–Crippen MR) is 86.6 cm³/mol. The Hall–Kier alpha value is -1.12. The van der Waals surface area contributed by atoms with E-state index in [9.17, 15) is 4.39 Å². The Morgan fingerprint density at radius 3 is 2.25 bits per heavy atom. The van der Waals surface area contributed by atoms with E-state index in [-0.39, 0.29) is 5.46 Å². The van der Waals surface area contributed by atoms with Gasteiger partial charge in [-0.2, -0.15) is 0 Å². The molecular formula is C14H15BFIO3. The number of benzene rings is 2. The lowest BCUT2D eigenvalue weighted by Crippen LogP contribution is -2.30. The summed E-state index contributed by atoms with van der Waals surface area (Å²) in [5.74, 6) is -0.250. The zero-order chi connectivity index (χ0) is 15.0. The molecular weight excluding hydrogens is 373 g/mol. The quantitative estimate of drug-likeness (QED) is 0.627. The highest BCUT2D eigenvalue weighted by molar-refractivity contribution is 14.1. The van der Waals surface area contributed by atoms with Gasteiger partial charge in [0.1, 0.15) is 11.6 Å². The van der Waals surface area contributed by atoms with Gasteiger partial charge in [0.25, 0.3) is 0 Å². The summed E-state index contributed by atoms with van der Waals surface area (Å²) in [7, 11) is -1.67. The number of ether oxygens (including phenoxy) is 1. The average Bonchev–Trinajstić information content (AvgIpc) is 2.40. The molecule has 6 heteroatoms. The van der Waals surface area contributed by atoms with Crippen molar-refractivity contribution in [3.63, 3.8) is 0 Å². The second-order valence-corrected chi connectivity index (χ2v) is 5.07. The van der Waals surface area contributed by atoms with Crippen molar-refractivity contribution in [3.05, 3.63) is 57.9 Å². The Kier molecular flexibility index (Phi) is 7.57. The summed E-state index contributed by atoms with van der Waals surface area (Å²) >= 11 is 2.28. The van der Waals surface area contributed by atoms with Gasteiger partial charge in [-0.1, -0.05) is 18.2 Å². The molecule has 0 spiro atoms. The van der Waals surface area contributed by atoms with Crippen molar-refractivity contribution in [1.82, 2.24) is 0 Å². The monoisotopic (exact) mass is 388 g/mol. The van der Waals surface area contributed by atoms with Gasteiger partial charge in [0.05, 0.1) is 6.61 Å². The first-order valence-electron chi connectivity index (χ1n) is 6.03. The summed E-state index contributed by atoms with van der Waals surface area (Å²) in [5, 5.41) is 17.5. The van der Waals surface area contributed by atoms with E-state index < -0.39 is 12.9 Å². The molecule has 0 radical (unpaired) electrons. The Morgan fingerprint density at radius 1 is 1.15 bits per heavy atom. The summed E-state index contributed by atoms with van der Waals surface area (Å²) in [6.07, 6.45) is 0. The summed E-state index contributed by atoms with van der Waals surface area (Å²) in [4.78, 5) is 0. The predicted octanol–water partition coefficient (Wildman–Crippen LogP) is 2.20. The molecule has 106 valence electrons. The van der Waals surface area contributed by atoms with E-state index in [2.05, 4.69) is 34.7 Å². The molecule has 0 aliphatic carbocycles. The van der Waals surface area contributed by atoms with Crippen LogP contribution in [0.3, 0.4) is 0 Å². The van der Waals surface area contributed by atoms with E-state index in [1.54, 1.807) is 6.92 Å². The first-order chi connectivity index (χ1) is 9.52. The van der Waals surface area contributed by atoms with Crippen LogP contribution in [0.4, 0.5) is 4.39 Å². The Morgan fingerprint density at radius 2 is 1.80 bits per heavy atom. The fraction of sp³-hybridized carbons (Fsp3) is 0.143. The van der Waals surface area contributed by atoms with Crippen LogP contribution in [0.5, 0.6) is 5.75 Å². The van der Waals surface area contributed by atoms with E-state index in [4.69, 9.17) is 14.8 Å². The van der Waals surface area contributed by atoms with E-state index in [1.807, 2.05) is 18.2 Å². The molecule has 3 nitrogen and oxygen atoms in total. The molecule has 0 bridgehead atoms. The minimum Gasteiger partial charge on any atom is -0.494 e. The maximum Gasteiger partial charge on any atom is 0.488 e. The van der Waals surface area contributed by atoms with Gasteiger partial charge in [-0.05, 0) is 59.2 Å². The molecule has 0 aliphatic rings. The molecule has 2 N–H and O–H groups in total. The van der Waals surface area contributed by atoms with Gasteiger partial charge in [0, 0.05) is 9.64 Å². The van der Waals surface area contributed by atoms with Gasteiger partial charge in [0.2, 0.25) is 0 Å². The van der Waals surface area contributed by atoms with Crippen molar-refractivity contribution in [2.75, 3.05) is 6.61 Å². The zero-order valence-electron chi connectivity index (χ0n) is 11.0. The highest BCUT2D eigenvalue weighted by Gasteiger charge is 2.13. The lowest BCUT2D eigenvalue weighted by molar-refractivity contribution is 0.338. The molecule has 0 unspecified atom stereocenters. The number of halogens is 2. The zero-order valence-corrected chi connectivity index (χ0v) is 13.1. The topological polar surface area (TPSA) is 49.7 Å². The largest absolute Gasteiger partial charge is 0.494 e. The molecule has 0 aromatic heterocycles. The molecule has 0 fully saturated rings. The van der Waals surface area contributed by atoms with Crippen molar-refractivity contribution < 1.29 is 19.2 Å². The van der Waals surface area contributed by atoms with Crippen LogP contribution in [-0.2, 0) is 0 Å². The number of rotatable bonds is 3. The maximum atomic E-state index is 12.8. The lowest BCUT2D eigenvalue weighted by Gasteiger charge is -2.05. The SMILES string of the molecule is CCOc1cc(F)cc(B(O)O)c1.Ic1ccccc1. The van der Waals surface area contributed by atoms with Crippen LogP contribution in [0.25, 0.3) is 0 Å². The molecule has 0 saturated carbocycles. The Balaban J connectivity index is 0.000000240. The van der Waals surface area contributed by atoms with Gasteiger partial charge >= 0.3 is 7.12 Å². The van der Waals surface area contributed by atoms with Gasteiger partial charge in [-0.15, -0.1) is 0 Å². The first kappa shape index (κ1) is 16.9. The Labute approximate surface area is 131 Å². The minimum atomic E-state index is -1.67. The second-order valence-electron chi connectivity index (χ2n) is 3.82. The van der Waals surface area contributed by atoms with Crippen molar-refractivity contribution in [2.24, 2.45) is 0 Å². The maximum absolute atomic E-state index is 12.8. The summed E-state index contributed by atoms with van der Waals surface area (Å²) in [6, 6.07) is 13.8. The Bertz CT molecular complexity index is 523. The van der Waals surface area contributed by atoms with Gasteiger partial charge in [-0.3, -0.25) is 0 Å². The highest BCUT2D eigenvalue weighted by atomic mass is 127. The summed E-state index contributed by atoms with van der Waals surface area (Å²) in [6.45, 7) is 2.17. The fourth-order valence-corrected chi connectivity index (χ4v) is 1.81. The highest BCUT2D eigenvalue weighted by Crippen LogP contribution is 2.10. The van der Waals surface area contributed by atoms with Crippen LogP contribution < -0.4 is 10.2 Å². The third-order valence-electron chi connectivity index (χ3n) is 2.24. The molecule has 0 saturated heterocycles. The molecule has 0 atom stereocenters. The first-order valence-corrected chi connectivity index (χ1v) is 7.10. The van der Waals surface area contributed by atoms with E-state index in [1.165, 1.54) is 15.7 Å². The second kappa shape index (κ2) is 8.94. The third-order valence-corrected chi connectivity index (χ3v) is 2.96. The average molecular weight is 388 g/mol. The van der Waals surface area contributed by atoms with Crippen LogP contribution in [0, 0.1) is 9.39 Å². The fourth-order valence-electron chi connectivity index (χ4n) is 1.40. The van der Waals surface area contributed by atoms with E-state index in [0.29, 0.717) is 12.4 Å². The molecule has 0 aliphatic heterocycles. The van der Waals surface area contributed by atoms with Gasteiger partial charge in [0.15, 0.2) is 0 Å². The van der Waals surface area contributed by atoms with Crippen LogP contribution in [0.1, 0.15) is 6.92 Å². The van der Waals surface area contributed by atoms with Gasteiger partial charge in [-0.25, -0.2) is 4.39 Å². The van der Waals surface area contributed by atoms with Crippen molar-refractivity contribution in [1.29, 1.82) is 0 Å². The van der Waals surface area contributed by atoms with Crippen LogP contribution in [0.2, 0.25) is 0 Å². The van der Waals surface area contributed by atoms with E-state index >= 15 is 0 Å². The minimum absolute atomic E-state index is 0.0865. The molecule has 0 heterocycles. The van der Waals surface area contributed by atoms with Crippen LogP contribution >= 0.6 is 22.6 Å². The number of hydrogen-bond donors (Lipinski definition) is 2. The van der Waals surface area contributed by atoms with Crippen LogP contribution in [-0.4, -0.2) is 23.8 Å². The molecule has 2 rings (SSSR count). The number of hydrogen-bond acceptors (Lipinski definition) is 3. The van der Waals surface area contributed by atoms with E-state index in [0.717, 1.165) is 6.07 Å². The normalized spacial score (nSPS) is 9.45. The lowest BCUT2D eigenvalue weighted by atomic mass is 9.80.